The fourth-order valence-electron chi connectivity index (χ4n) is 7.54. The lowest BCUT2D eigenvalue weighted by Gasteiger charge is -2.45. The van der Waals surface area contributed by atoms with Gasteiger partial charge in [0.15, 0.2) is 0 Å². The highest BCUT2D eigenvalue weighted by Crippen LogP contribution is 2.35. The molecule has 0 radical (unpaired) electrons. The maximum absolute atomic E-state index is 15.1. The molecule has 11 nitrogen and oxygen atoms in total. The molecule has 4 aromatic carbocycles. The number of aromatic nitrogens is 2. The molecule has 314 valence electrons. The quantitative estimate of drug-likeness (QED) is 0.0625. The van der Waals surface area contributed by atoms with Crippen LogP contribution in [-0.4, -0.2) is 81.0 Å². The molecule has 0 spiro atoms. The third-order valence-electron chi connectivity index (χ3n) is 10.5. The van der Waals surface area contributed by atoms with Gasteiger partial charge in [-0.1, -0.05) is 84.9 Å². The standard InChI is InChI=1S/C49H55N3O8/c1-4-57-46(34-38-19-23-42(24-20-38)59-33-31-51-37(3)18-27-44(51)40-14-8-6-9-15-40)47(54)52(45(36-53)41-16-10-7-11-17-41)49(48(55)56,60-5-2)35-39-21-25-43(26-22-39)58-32-30-50-28-12-13-29-50/h6-29,45-46,53H,4-5,30-36H2,1-3H3,(H,55,56)/t45-,46+,49?/m1/s1. The molecule has 11 heteroatoms. The van der Waals surface area contributed by atoms with Crippen molar-refractivity contribution in [1.29, 1.82) is 0 Å². The van der Waals surface area contributed by atoms with Crippen LogP contribution >= 0.6 is 0 Å². The van der Waals surface area contributed by atoms with Gasteiger partial charge in [0.1, 0.15) is 30.8 Å². The molecule has 0 fully saturated rings. The first-order valence-electron chi connectivity index (χ1n) is 20.5. The van der Waals surface area contributed by atoms with Gasteiger partial charge in [-0.2, -0.15) is 0 Å². The van der Waals surface area contributed by atoms with Crippen molar-refractivity contribution in [3.05, 3.63) is 168 Å². The van der Waals surface area contributed by atoms with Crippen LogP contribution in [0.25, 0.3) is 11.3 Å². The Bertz CT molecular complexity index is 2210. The molecule has 1 amide bonds. The van der Waals surface area contributed by atoms with E-state index in [0.29, 0.717) is 48.9 Å². The summed E-state index contributed by atoms with van der Waals surface area (Å²) in [6.45, 7) is 7.37. The number of benzene rings is 4. The Morgan fingerprint density at radius 3 is 1.90 bits per heavy atom. The number of carbonyl (C=O) groups is 2. The molecule has 0 saturated carbocycles. The van der Waals surface area contributed by atoms with E-state index in [9.17, 15) is 15.0 Å². The number of carbonyl (C=O) groups excluding carboxylic acids is 1. The van der Waals surface area contributed by atoms with Crippen molar-refractivity contribution in [2.24, 2.45) is 0 Å². The summed E-state index contributed by atoms with van der Waals surface area (Å²) >= 11 is 0. The molecule has 2 heterocycles. The summed E-state index contributed by atoms with van der Waals surface area (Å²) in [6, 6.07) is 40.8. The molecular formula is C49H55N3O8. The number of carboxylic acid groups (broad SMARTS) is 1. The van der Waals surface area contributed by atoms with Crippen LogP contribution in [0.5, 0.6) is 11.5 Å². The molecule has 6 aromatic rings. The Hall–Kier alpha value is -6.14. The predicted molar refractivity (Wildman–Crippen MR) is 231 cm³/mol. The van der Waals surface area contributed by atoms with Crippen LogP contribution in [0.1, 0.15) is 42.3 Å². The number of ether oxygens (including phenoxy) is 4. The lowest BCUT2D eigenvalue weighted by Crippen LogP contribution is -2.64. The molecule has 0 aliphatic heterocycles. The minimum Gasteiger partial charge on any atom is -0.492 e. The van der Waals surface area contributed by atoms with Crippen molar-refractivity contribution in [1.82, 2.24) is 14.0 Å². The number of amides is 1. The second-order valence-electron chi connectivity index (χ2n) is 14.4. The zero-order valence-electron chi connectivity index (χ0n) is 34.6. The van der Waals surface area contributed by atoms with Crippen LogP contribution < -0.4 is 9.47 Å². The number of rotatable bonds is 23. The Balaban J connectivity index is 1.22. The maximum atomic E-state index is 15.1. The summed E-state index contributed by atoms with van der Waals surface area (Å²) in [5, 5.41) is 22.2. The number of nitrogens with zero attached hydrogens (tertiary/aromatic N) is 3. The molecule has 2 N–H and O–H groups in total. The van der Waals surface area contributed by atoms with Gasteiger partial charge in [0.25, 0.3) is 5.91 Å². The number of aliphatic carboxylic acids is 1. The van der Waals surface area contributed by atoms with E-state index in [1.54, 1.807) is 62.4 Å². The van der Waals surface area contributed by atoms with Gasteiger partial charge < -0.3 is 38.3 Å². The number of aliphatic hydroxyl groups excluding tert-OH is 1. The van der Waals surface area contributed by atoms with E-state index >= 15 is 4.79 Å². The average Bonchev–Trinajstić information content (AvgIpc) is 3.93. The minimum absolute atomic E-state index is 0.0260. The monoisotopic (exact) mass is 813 g/mol. The molecule has 1 unspecified atom stereocenters. The van der Waals surface area contributed by atoms with Crippen LogP contribution in [0.3, 0.4) is 0 Å². The summed E-state index contributed by atoms with van der Waals surface area (Å²) in [5.41, 5.74) is 3.11. The first-order valence-corrected chi connectivity index (χ1v) is 20.5. The summed E-state index contributed by atoms with van der Waals surface area (Å²) in [4.78, 5) is 30.0. The molecule has 3 atom stereocenters. The molecule has 60 heavy (non-hydrogen) atoms. The molecule has 6 rings (SSSR count). The number of aliphatic hydroxyl groups is 1. The Morgan fingerprint density at radius 1 is 0.717 bits per heavy atom. The Morgan fingerprint density at radius 2 is 1.32 bits per heavy atom. The number of carboxylic acids is 1. The van der Waals surface area contributed by atoms with Gasteiger partial charge in [-0.15, -0.1) is 0 Å². The summed E-state index contributed by atoms with van der Waals surface area (Å²) in [6.07, 6.45) is 2.74. The average molecular weight is 814 g/mol. The molecule has 0 saturated heterocycles. The molecule has 0 bridgehead atoms. The number of hydrogen-bond donors (Lipinski definition) is 2. The van der Waals surface area contributed by atoms with Gasteiger partial charge in [0, 0.05) is 49.8 Å². The van der Waals surface area contributed by atoms with E-state index in [-0.39, 0.29) is 26.1 Å². The Kier molecular flexibility index (Phi) is 15.4. The second kappa shape index (κ2) is 21.2. The van der Waals surface area contributed by atoms with Crippen LogP contribution in [0.2, 0.25) is 0 Å². The van der Waals surface area contributed by atoms with Gasteiger partial charge in [-0.25, -0.2) is 4.79 Å². The third kappa shape index (κ3) is 10.7. The van der Waals surface area contributed by atoms with Crippen LogP contribution in [-0.2, 0) is 45.0 Å². The summed E-state index contributed by atoms with van der Waals surface area (Å²) in [5.74, 6) is -0.706. The largest absolute Gasteiger partial charge is 0.492 e. The predicted octanol–water partition coefficient (Wildman–Crippen LogP) is 7.99. The van der Waals surface area contributed by atoms with Gasteiger partial charge in [-0.05, 0) is 91.6 Å². The number of aryl methyl sites for hydroxylation is 1. The zero-order valence-corrected chi connectivity index (χ0v) is 34.6. The fraction of sp³-hybridized carbons (Fsp3) is 0.306. The van der Waals surface area contributed by atoms with E-state index < -0.39 is 36.4 Å². The lowest BCUT2D eigenvalue weighted by atomic mass is 9.94. The lowest BCUT2D eigenvalue weighted by molar-refractivity contribution is -0.214. The highest BCUT2D eigenvalue weighted by Gasteiger charge is 2.52. The summed E-state index contributed by atoms with van der Waals surface area (Å²) < 4.78 is 28.7. The van der Waals surface area contributed by atoms with Crippen LogP contribution in [0.4, 0.5) is 0 Å². The zero-order chi connectivity index (χ0) is 42.3. The van der Waals surface area contributed by atoms with Crippen molar-refractivity contribution in [3.63, 3.8) is 0 Å². The molecular weight excluding hydrogens is 759 g/mol. The smallest absolute Gasteiger partial charge is 0.358 e. The van der Waals surface area contributed by atoms with Crippen molar-refractivity contribution < 1.29 is 38.7 Å². The van der Waals surface area contributed by atoms with Crippen molar-refractivity contribution >= 4 is 11.9 Å². The number of hydrogen-bond acceptors (Lipinski definition) is 7. The first kappa shape index (κ1) is 43.4. The first-order chi connectivity index (χ1) is 29.3. The van der Waals surface area contributed by atoms with Gasteiger partial charge in [0.2, 0.25) is 5.72 Å². The maximum Gasteiger partial charge on any atom is 0.358 e. The van der Waals surface area contributed by atoms with Crippen molar-refractivity contribution in [2.45, 2.75) is 64.6 Å². The molecule has 0 aliphatic carbocycles. The van der Waals surface area contributed by atoms with Gasteiger partial charge in [0.05, 0.1) is 25.7 Å². The minimum atomic E-state index is -2.22. The van der Waals surface area contributed by atoms with Crippen molar-refractivity contribution in [2.75, 3.05) is 33.0 Å². The SMILES string of the molecule is CCO[C@@H](Cc1ccc(OCCn2c(C)ccc2-c2ccccc2)cc1)C(=O)N([C@H](CO)c1ccccc1)C(Cc1ccc(OCCn2cccc2)cc1)(OCC)C(=O)O. The highest BCUT2D eigenvalue weighted by atomic mass is 16.5. The van der Waals surface area contributed by atoms with E-state index in [1.807, 2.05) is 77.6 Å². The van der Waals surface area contributed by atoms with Crippen LogP contribution in [0.15, 0.2) is 146 Å². The topological polar surface area (TPSA) is 125 Å². The summed E-state index contributed by atoms with van der Waals surface area (Å²) in [7, 11) is 0. The normalized spacial score (nSPS) is 13.3. The Labute approximate surface area is 352 Å². The van der Waals surface area contributed by atoms with Crippen LogP contribution in [0, 0.1) is 6.92 Å². The van der Waals surface area contributed by atoms with E-state index in [1.165, 1.54) is 4.90 Å². The molecule has 2 aromatic heterocycles. The molecule has 0 aliphatic rings. The third-order valence-corrected chi connectivity index (χ3v) is 10.5. The van der Waals surface area contributed by atoms with E-state index in [2.05, 4.69) is 35.8 Å². The van der Waals surface area contributed by atoms with Gasteiger partial charge >= 0.3 is 5.97 Å². The van der Waals surface area contributed by atoms with Crippen molar-refractivity contribution in [3.8, 4) is 22.8 Å². The second-order valence-corrected chi connectivity index (χ2v) is 14.4. The van der Waals surface area contributed by atoms with Gasteiger partial charge in [-0.3, -0.25) is 9.69 Å². The fourth-order valence-corrected chi connectivity index (χ4v) is 7.54. The van der Waals surface area contributed by atoms with E-state index in [4.69, 9.17) is 18.9 Å². The highest BCUT2D eigenvalue weighted by molar-refractivity contribution is 5.89. The van der Waals surface area contributed by atoms with E-state index in [0.717, 1.165) is 22.5 Å².